The summed E-state index contributed by atoms with van der Waals surface area (Å²) in [6, 6.07) is 14.6. The first kappa shape index (κ1) is 17.5. The van der Waals surface area contributed by atoms with Gasteiger partial charge in [0.1, 0.15) is 12.2 Å². The number of aryl methyl sites for hydroxylation is 1. The van der Waals surface area contributed by atoms with E-state index >= 15 is 0 Å². The monoisotopic (exact) mass is 346 g/mol. The second-order valence-corrected chi connectivity index (χ2v) is 5.89. The summed E-state index contributed by atoms with van der Waals surface area (Å²) in [6.45, 7) is 2.09. The van der Waals surface area contributed by atoms with Gasteiger partial charge in [-0.3, -0.25) is 14.0 Å². The lowest BCUT2D eigenvalue weighted by Gasteiger charge is -2.07. The Labute approximate surface area is 150 Å². The molecule has 5 nitrogen and oxygen atoms in total. The molecule has 0 spiro atoms. The van der Waals surface area contributed by atoms with Gasteiger partial charge in [-0.25, -0.2) is 0 Å². The van der Waals surface area contributed by atoms with Gasteiger partial charge < -0.3 is 10.4 Å². The van der Waals surface area contributed by atoms with Crippen LogP contribution in [0.5, 0.6) is 0 Å². The molecule has 0 radical (unpaired) electrons. The van der Waals surface area contributed by atoms with E-state index in [0.29, 0.717) is 17.6 Å². The summed E-state index contributed by atoms with van der Waals surface area (Å²) < 4.78 is 1.39. The molecular weight excluding hydrogens is 328 g/mol. The van der Waals surface area contributed by atoms with Crippen LogP contribution >= 0.6 is 0 Å². The first-order valence-corrected chi connectivity index (χ1v) is 8.17. The zero-order valence-electron chi connectivity index (χ0n) is 14.3. The van der Waals surface area contributed by atoms with E-state index in [4.69, 9.17) is 5.11 Å². The van der Waals surface area contributed by atoms with Crippen LogP contribution in [0.3, 0.4) is 0 Å². The summed E-state index contributed by atoms with van der Waals surface area (Å²) in [4.78, 5) is 25.1. The molecule has 0 aliphatic carbocycles. The van der Waals surface area contributed by atoms with Gasteiger partial charge in [-0.05, 0) is 36.8 Å². The highest BCUT2D eigenvalue weighted by Crippen LogP contribution is 2.06. The third-order valence-electron chi connectivity index (χ3n) is 3.98. The van der Waals surface area contributed by atoms with Gasteiger partial charge in [0, 0.05) is 23.8 Å². The molecule has 0 unspecified atom stereocenters. The fourth-order valence-electron chi connectivity index (χ4n) is 2.57. The van der Waals surface area contributed by atoms with Crippen molar-refractivity contribution in [3.05, 3.63) is 87.3 Å². The van der Waals surface area contributed by atoms with Gasteiger partial charge in [-0.1, -0.05) is 41.7 Å². The van der Waals surface area contributed by atoms with Crippen molar-refractivity contribution in [2.45, 2.75) is 13.5 Å². The van der Waals surface area contributed by atoms with Crippen LogP contribution in [-0.4, -0.2) is 22.0 Å². The molecule has 1 aromatic carbocycles. The number of nitrogens with zero attached hydrogens (tertiary/aromatic N) is 1. The Kier molecular flexibility index (Phi) is 5.16. The van der Waals surface area contributed by atoms with E-state index in [0.717, 1.165) is 11.1 Å². The number of pyridine rings is 2. The molecule has 5 heteroatoms. The SMILES string of the molecule is Cc1ccc(CNC(=O)c2ccc3ccc(C#CCO)cn3c2=O)cc1. The van der Waals surface area contributed by atoms with Crippen molar-refractivity contribution in [2.75, 3.05) is 6.61 Å². The van der Waals surface area contributed by atoms with Crippen LogP contribution in [0.4, 0.5) is 0 Å². The predicted molar refractivity (Wildman–Crippen MR) is 100.0 cm³/mol. The van der Waals surface area contributed by atoms with Crippen LogP contribution in [0, 0.1) is 18.8 Å². The summed E-state index contributed by atoms with van der Waals surface area (Å²) >= 11 is 0. The van der Waals surface area contributed by atoms with E-state index in [9.17, 15) is 9.59 Å². The summed E-state index contributed by atoms with van der Waals surface area (Å²) in [5, 5.41) is 11.6. The van der Waals surface area contributed by atoms with Gasteiger partial charge in [0.25, 0.3) is 11.5 Å². The average molecular weight is 346 g/mol. The minimum absolute atomic E-state index is 0.0712. The fraction of sp³-hybridized carbons (Fsp3) is 0.143. The van der Waals surface area contributed by atoms with Crippen LogP contribution in [-0.2, 0) is 6.54 Å². The number of amides is 1. The molecule has 0 saturated heterocycles. The minimum atomic E-state index is -0.420. The van der Waals surface area contributed by atoms with Crippen LogP contribution < -0.4 is 10.9 Å². The third-order valence-corrected chi connectivity index (χ3v) is 3.98. The topological polar surface area (TPSA) is 70.8 Å². The van der Waals surface area contributed by atoms with Gasteiger partial charge in [0.2, 0.25) is 0 Å². The predicted octanol–water partition coefficient (Wildman–Crippen LogP) is 1.88. The van der Waals surface area contributed by atoms with Crippen LogP contribution in [0.15, 0.2) is 59.5 Å². The average Bonchev–Trinajstić information content (AvgIpc) is 2.66. The molecule has 0 atom stereocenters. The Hall–Kier alpha value is -3.36. The number of nitrogens with one attached hydrogen (secondary N) is 1. The first-order valence-electron chi connectivity index (χ1n) is 8.17. The molecule has 2 N–H and O–H groups in total. The second-order valence-electron chi connectivity index (χ2n) is 5.89. The van der Waals surface area contributed by atoms with E-state index in [2.05, 4.69) is 17.2 Å². The Morgan fingerprint density at radius 1 is 1.12 bits per heavy atom. The maximum absolute atomic E-state index is 12.7. The van der Waals surface area contributed by atoms with Gasteiger partial charge in [-0.2, -0.15) is 0 Å². The van der Waals surface area contributed by atoms with Crippen molar-refractivity contribution in [3.8, 4) is 11.8 Å². The van der Waals surface area contributed by atoms with E-state index in [1.54, 1.807) is 24.4 Å². The number of carbonyl (C=O) groups excluding carboxylic acids is 1. The van der Waals surface area contributed by atoms with Crippen LogP contribution in [0.25, 0.3) is 5.52 Å². The van der Waals surface area contributed by atoms with Crippen molar-refractivity contribution >= 4 is 11.4 Å². The highest BCUT2D eigenvalue weighted by Gasteiger charge is 2.12. The lowest BCUT2D eigenvalue weighted by Crippen LogP contribution is -2.30. The van der Waals surface area contributed by atoms with Crippen LogP contribution in [0.2, 0.25) is 0 Å². The number of aliphatic hydroxyl groups excluding tert-OH is 1. The summed E-state index contributed by atoms with van der Waals surface area (Å²) in [5.74, 6) is 4.87. The van der Waals surface area contributed by atoms with Crippen molar-refractivity contribution in [3.63, 3.8) is 0 Å². The molecule has 0 fully saturated rings. The number of aromatic nitrogens is 1. The Morgan fingerprint density at radius 2 is 1.85 bits per heavy atom. The van der Waals surface area contributed by atoms with Crippen molar-refractivity contribution in [2.24, 2.45) is 0 Å². The third kappa shape index (κ3) is 3.82. The smallest absolute Gasteiger partial charge is 0.267 e. The number of benzene rings is 1. The largest absolute Gasteiger partial charge is 0.384 e. The molecule has 130 valence electrons. The fourth-order valence-corrected chi connectivity index (χ4v) is 2.57. The molecule has 0 aliphatic heterocycles. The minimum Gasteiger partial charge on any atom is -0.384 e. The molecule has 0 saturated carbocycles. The molecule has 3 rings (SSSR count). The number of rotatable bonds is 3. The molecule has 2 aromatic heterocycles. The lowest BCUT2D eigenvalue weighted by atomic mass is 10.1. The Bertz CT molecular complexity index is 1070. The molecule has 26 heavy (non-hydrogen) atoms. The Morgan fingerprint density at radius 3 is 2.58 bits per heavy atom. The maximum atomic E-state index is 12.7. The summed E-state index contributed by atoms with van der Waals surface area (Å²) in [6.07, 6.45) is 1.57. The standard InChI is InChI=1S/C21H18N2O3/c1-15-4-6-16(7-5-15)13-22-20(25)19-11-10-18-9-8-17(3-2-12-24)14-23(18)21(19)26/h4-11,14,24H,12-13H2,1H3,(H,22,25). The van der Waals surface area contributed by atoms with E-state index in [-0.39, 0.29) is 12.2 Å². The molecule has 2 heterocycles. The first-order chi connectivity index (χ1) is 12.6. The zero-order chi connectivity index (χ0) is 18.5. The summed E-state index contributed by atoms with van der Waals surface area (Å²) in [5.41, 5.74) is 3.03. The van der Waals surface area contributed by atoms with E-state index < -0.39 is 11.5 Å². The molecule has 3 aromatic rings. The molecule has 0 bridgehead atoms. The number of carbonyl (C=O) groups is 1. The quantitative estimate of drug-likeness (QED) is 0.712. The van der Waals surface area contributed by atoms with Gasteiger partial charge in [-0.15, -0.1) is 0 Å². The van der Waals surface area contributed by atoms with Crippen molar-refractivity contribution < 1.29 is 9.90 Å². The maximum Gasteiger partial charge on any atom is 0.267 e. The van der Waals surface area contributed by atoms with Crippen molar-refractivity contribution in [1.29, 1.82) is 0 Å². The lowest BCUT2D eigenvalue weighted by molar-refractivity contribution is 0.0949. The number of hydrogen-bond acceptors (Lipinski definition) is 3. The van der Waals surface area contributed by atoms with Gasteiger partial charge in [0.05, 0.1) is 0 Å². The van der Waals surface area contributed by atoms with Crippen molar-refractivity contribution in [1.82, 2.24) is 9.72 Å². The zero-order valence-corrected chi connectivity index (χ0v) is 14.3. The molecular formula is C21H18N2O3. The van der Waals surface area contributed by atoms with E-state index in [1.807, 2.05) is 31.2 Å². The molecule has 1 amide bonds. The Balaban J connectivity index is 1.86. The second kappa shape index (κ2) is 7.68. The molecule has 0 aliphatic rings. The van der Waals surface area contributed by atoms with Crippen LogP contribution in [0.1, 0.15) is 27.0 Å². The van der Waals surface area contributed by atoms with Gasteiger partial charge in [0.15, 0.2) is 0 Å². The normalized spacial score (nSPS) is 10.2. The number of hydrogen-bond donors (Lipinski definition) is 2. The number of aliphatic hydroxyl groups is 1. The van der Waals surface area contributed by atoms with Gasteiger partial charge >= 0.3 is 0 Å². The highest BCUT2D eigenvalue weighted by atomic mass is 16.2. The highest BCUT2D eigenvalue weighted by molar-refractivity contribution is 5.94. The number of fused-ring (bicyclic) bond motifs is 1. The van der Waals surface area contributed by atoms with E-state index in [1.165, 1.54) is 10.5 Å². The summed E-state index contributed by atoms with van der Waals surface area (Å²) in [7, 11) is 0.